The smallest absolute Gasteiger partial charge is 0.109 e. The van der Waals surface area contributed by atoms with Crippen LogP contribution >= 0.6 is 0 Å². The second-order valence-electron chi connectivity index (χ2n) is 4.52. The first-order valence-electron chi connectivity index (χ1n) is 6.26. The number of aryl methyl sites for hydroxylation is 2. The van der Waals surface area contributed by atoms with E-state index in [1.54, 1.807) is 0 Å². The van der Waals surface area contributed by atoms with Crippen LogP contribution in [0.15, 0.2) is 36.5 Å². The lowest BCUT2D eigenvalue weighted by atomic mass is 10.2. The van der Waals surface area contributed by atoms with E-state index in [9.17, 15) is 0 Å². The molecular weight excluding hydrogens is 210 g/mol. The number of para-hydroxylation sites is 1. The van der Waals surface area contributed by atoms with Crippen LogP contribution in [-0.4, -0.2) is 9.55 Å². The van der Waals surface area contributed by atoms with Gasteiger partial charge in [0.15, 0.2) is 0 Å². The molecule has 0 fully saturated rings. The van der Waals surface area contributed by atoms with E-state index < -0.39 is 0 Å². The second-order valence-corrected chi connectivity index (χ2v) is 4.52. The molecule has 0 spiro atoms. The van der Waals surface area contributed by atoms with Crippen LogP contribution in [0.3, 0.4) is 0 Å². The van der Waals surface area contributed by atoms with Crippen molar-refractivity contribution in [1.29, 1.82) is 0 Å². The van der Waals surface area contributed by atoms with Crippen LogP contribution in [0.4, 0.5) is 5.69 Å². The average Bonchev–Trinajstić information content (AvgIpc) is 2.80. The zero-order valence-corrected chi connectivity index (χ0v) is 9.89. The van der Waals surface area contributed by atoms with Crippen LogP contribution in [-0.2, 0) is 19.5 Å². The number of imidazole rings is 1. The van der Waals surface area contributed by atoms with Gasteiger partial charge in [-0.3, -0.25) is 0 Å². The quantitative estimate of drug-likeness (QED) is 0.873. The van der Waals surface area contributed by atoms with Gasteiger partial charge in [-0.15, -0.1) is 0 Å². The Morgan fingerprint density at radius 2 is 2.06 bits per heavy atom. The molecule has 17 heavy (non-hydrogen) atoms. The number of rotatable bonds is 3. The van der Waals surface area contributed by atoms with Gasteiger partial charge in [-0.25, -0.2) is 4.98 Å². The summed E-state index contributed by atoms with van der Waals surface area (Å²) in [5.41, 5.74) is 2.30. The first-order valence-corrected chi connectivity index (χ1v) is 6.26. The molecule has 1 N–H and O–H groups in total. The van der Waals surface area contributed by atoms with Crippen LogP contribution in [0.2, 0.25) is 0 Å². The largest absolute Gasteiger partial charge is 0.379 e. The van der Waals surface area contributed by atoms with Crippen molar-refractivity contribution in [2.75, 3.05) is 5.32 Å². The predicted octanol–water partition coefficient (Wildman–Crippen LogP) is 2.83. The van der Waals surface area contributed by atoms with E-state index >= 15 is 0 Å². The monoisotopic (exact) mass is 227 g/mol. The highest BCUT2D eigenvalue weighted by molar-refractivity contribution is 5.42. The molecule has 0 atom stereocenters. The molecule has 3 rings (SSSR count). The van der Waals surface area contributed by atoms with Gasteiger partial charge in [0, 0.05) is 24.8 Å². The lowest BCUT2D eigenvalue weighted by molar-refractivity contribution is 0.522. The molecule has 2 heterocycles. The van der Waals surface area contributed by atoms with Gasteiger partial charge < -0.3 is 9.88 Å². The fraction of sp³-hybridized carbons (Fsp3) is 0.357. The molecule has 1 aliphatic heterocycles. The van der Waals surface area contributed by atoms with E-state index in [4.69, 9.17) is 0 Å². The SMILES string of the molecule is c1ccc(NCc2cn3c(n2)CCCC3)cc1. The molecule has 88 valence electrons. The number of anilines is 1. The summed E-state index contributed by atoms with van der Waals surface area (Å²) in [4.78, 5) is 4.67. The highest BCUT2D eigenvalue weighted by Crippen LogP contribution is 2.15. The molecule has 0 saturated heterocycles. The zero-order valence-electron chi connectivity index (χ0n) is 9.89. The molecule has 0 unspecified atom stereocenters. The van der Waals surface area contributed by atoms with E-state index in [2.05, 4.69) is 33.2 Å². The van der Waals surface area contributed by atoms with Crippen molar-refractivity contribution in [2.24, 2.45) is 0 Å². The Morgan fingerprint density at radius 1 is 1.18 bits per heavy atom. The van der Waals surface area contributed by atoms with Crippen molar-refractivity contribution in [1.82, 2.24) is 9.55 Å². The molecule has 0 bridgehead atoms. The maximum absolute atomic E-state index is 4.67. The molecule has 0 amide bonds. The van der Waals surface area contributed by atoms with E-state index in [1.165, 1.54) is 18.7 Å². The Morgan fingerprint density at radius 3 is 2.88 bits per heavy atom. The Labute approximate surface area is 101 Å². The summed E-state index contributed by atoms with van der Waals surface area (Å²) in [6.07, 6.45) is 5.88. The first kappa shape index (κ1) is 10.4. The minimum absolute atomic E-state index is 0.810. The minimum Gasteiger partial charge on any atom is -0.379 e. The molecule has 1 aromatic carbocycles. The summed E-state index contributed by atoms with van der Waals surface area (Å²) in [5.74, 6) is 1.25. The number of hydrogen-bond donors (Lipinski definition) is 1. The van der Waals surface area contributed by atoms with Gasteiger partial charge in [-0.2, -0.15) is 0 Å². The Bertz CT molecular complexity index is 464. The lowest BCUT2D eigenvalue weighted by Gasteiger charge is -2.11. The topological polar surface area (TPSA) is 29.9 Å². The molecule has 0 saturated carbocycles. The normalized spacial score (nSPS) is 14.4. The number of nitrogens with one attached hydrogen (secondary N) is 1. The third-order valence-electron chi connectivity index (χ3n) is 3.21. The van der Waals surface area contributed by atoms with Crippen LogP contribution < -0.4 is 5.32 Å². The number of nitrogens with zero attached hydrogens (tertiary/aromatic N) is 2. The van der Waals surface area contributed by atoms with Crippen molar-refractivity contribution >= 4 is 5.69 Å². The van der Waals surface area contributed by atoms with Gasteiger partial charge >= 0.3 is 0 Å². The summed E-state index contributed by atoms with van der Waals surface area (Å²) in [6, 6.07) is 10.3. The first-order chi connectivity index (χ1) is 8.42. The third-order valence-corrected chi connectivity index (χ3v) is 3.21. The van der Waals surface area contributed by atoms with Crippen molar-refractivity contribution < 1.29 is 0 Å². The highest BCUT2D eigenvalue weighted by Gasteiger charge is 2.11. The number of benzene rings is 1. The molecule has 1 aliphatic rings. The molecule has 3 heteroatoms. The standard InChI is InChI=1S/C14H17N3/c1-2-6-12(7-3-1)15-10-13-11-17-9-5-4-8-14(17)16-13/h1-3,6-7,11,15H,4-5,8-10H2. The van der Waals surface area contributed by atoms with E-state index in [0.717, 1.165) is 30.9 Å². The van der Waals surface area contributed by atoms with Crippen LogP contribution in [0.25, 0.3) is 0 Å². The van der Waals surface area contributed by atoms with E-state index in [-0.39, 0.29) is 0 Å². The van der Waals surface area contributed by atoms with Crippen LogP contribution in [0.5, 0.6) is 0 Å². The summed E-state index contributed by atoms with van der Waals surface area (Å²) < 4.78 is 2.30. The van der Waals surface area contributed by atoms with Gasteiger partial charge in [0.25, 0.3) is 0 Å². The third kappa shape index (κ3) is 2.33. The maximum Gasteiger partial charge on any atom is 0.109 e. The summed E-state index contributed by atoms with van der Waals surface area (Å²) >= 11 is 0. The van der Waals surface area contributed by atoms with Gasteiger partial charge in [0.05, 0.1) is 12.2 Å². The van der Waals surface area contributed by atoms with Crippen molar-refractivity contribution in [3.63, 3.8) is 0 Å². The minimum atomic E-state index is 0.810. The molecular formula is C14H17N3. The number of aromatic nitrogens is 2. The van der Waals surface area contributed by atoms with Crippen molar-refractivity contribution in [3.8, 4) is 0 Å². The molecule has 0 radical (unpaired) electrons. The van der Waals surface area contributed by atoms with Crippen molar-refractivity contribution in [3.05, 3.63) is 48.0 Å². The number of fused-ring (bicyclic) bond motifs is 1. The molecule has 1 aromatic heterocycles. The zero-order chi connectivity index (χ0) is 11.5. The Balaban J connectivity index is 1.67. The van der Waals surface area contributed by atoms with Crippen LogP contribution in [0, 0.1) is 0 Å². The predicted molar refractivity (Wildman–Crippen MR) is 68.9 cm³/mol. The summed E-state index contributed by atoms with van der Waals surface area (Å²) in [7, 11) is 0. The second kappa shape index (κ2) is 4.62. The Kier molecular flexibility index (Phi) is 2.82. The Hall–Kier alpha value is -1.77. The lowest BCUT2D eigenvalue weighted by Crippen LogP contribution is -2.08. The van der Waals surface area contributed by atoms with E-state index in [1.807, 2.05) is 18.2 Å². The molecule has 0 aliphatic carbocycles. The maximum atomic E-state index is 4.67. The van der Waals surface area contributed by atoms with Gasteiger partial charge in [0.1, 0.15) is 5.82 Å². The van der Waals surface area contributed by atoms with Gasteiger partial charge in [-0.05, 0) is 25.0 Å². The average molecular weight is 227 g/mol. The van der Waals surface area contributed by atoms with E-state index in [0.29, 0.717) is 0 Å². The molecule has 3 nitrogen and oxygen atoms in total. The fourth-order valence-corrected chi connectivity index (χ4v) is 2.31. The summed E-state index contributed by atoms with van der Waals surface area (Å²) in [6.45, 7) is 1.94. The van der Waals surface area contributed by atoms with Gasteiger partial charge in [0.2, 0.25) is 0 Å². The highest BCUT2D eigenvalue weighted by atomic mass is 15.1. The summed E-state index contributed by atoms with van der Waals surface area (Å²) in [5, 5.41) is 3.39. The molecule has 2 aromatic rings. The number of hydrogen-bond acceptors (Lipinski definition) is 2. The fourth-order valence-electron chi connectivity index (χ4n) is 2.31. The van der Waals surface area contributed by atoms with Crippen LogP contribution in [0.1, 0.15) is 24.4 Å². The van der Waals surface area contributed by atoms with Gasteiger partial charge in [-0.1, -0.05) is 18.2 Å². The van der Waals surface area contributed by atoms with Crippen molar-refractivity contribution in [2.45, 2.75) is 32.4 Å².